The number of fused-ring (bicyclic) bond motifs is 1. The number of nitrogens with zero attached hydrogens (tertiary/aromatic N) is 4. The molecule has 1 N–H and O–H groups in total. The van der Waals surface area contributed by atoms with E-state index >= 15 is 0 Å². The van der Waals surface area contributed by atoms with Crippen LogP contribution in [0.3, 0.4) is 0 Å². The van der Waals surface area contributed by atoms with Crippen LogP contribution in [0.25, 0.3) is 5.52 Å². The highest BCUT2D eigenvalue weighted by atomic mass is 79.9. The molecule has 0 aliphatic carbocycles. The van der Waals surface area contributed by atoms with Crippen LogP contribution in [0, 0.1) is 17.5 Å². The van der Waals surface area contributed by atoms with Gasteiger partial charge in [-0.2, -0.15) is 4.98 Å². The molecule has 22 heavy (non-hydrogen) atoms. The molecule has 0 fully saturated rings. The minimum absolute atomic E-state index is 0.00569. The molecule has 0 aliphatic heterocycles. The Balaban J connectivity index is 2.01. The van der Waals surface area contributed by atoms with Crippen LogP contribution in [0.1, 0.15) is 5.56 Å². The van der Waals surface area contributed by atoms with Gasteiger partial charge in [0.2, 0.25) is 5.28 Å². The fraction of sp³-hybridized carbons (Fsp3) is 0.0833. The first kappa shape index (κ1) is 15.0. The van der Waals surface area contributed by atoms with E-state index in [-0.39, 0.29) is 33.2 Å². The normalized spacial score (nSPS) is 11.1. The predicted octanol–water partition coefficient (Wildman–Crippen LogP) is 3.57. The van der Waals surface area contributed by atoms with Crippen LogP contribution in [0.4, 0.5) is 19.0 Å². The van der Waals surface area contributed by atoms with E-state index in [1.165, 1.54) is 10.7 Å². The van der Waals surface area contributed by atoms with Crippen molar-refractivity contribution in [1.29, 1.82) is 0 Å². The largest absolute Gasteiger partial charge is 0.364 e. The van der Waals surface area contributed by atoms with Gasteiger partial charge in [-0.15, -0.1) is 5.10 Å². The zero-order chi connectivity index (χ0) is 15.9. The summed E-state index contributed by atoms with van der Waals surface area (Å²) >= 11 is 8.77. The summed E-state index contributed by atoms with van der Waals surface area (Å²) in [7, 11) is 0. The van der Waals surface area contributed by atoms with Gasteiger partial charge in [-0.25, -0.2) is 17.7 Å². The molecule has 3 aromatic rings. The van der Waals surface area contributed by atoms with Gasteiger partial charge in [0, 0.05) is 18.3 Å². The topological polar surface area (TPSA) is 55.1 Å². The molecule has 0 radical (unpaired) electrons. The predicted molar refractivity (Wildman–Crippen MR) is 77.1 cm³/mol. The molecule has 0 spiro atoms. The average molecular weight is 393 g/mol. The molecule has 3 heterocycles. The zero-order valence-corrected chi connectivity index (χ0v) is 13.0. The maximum atomic E-state index is 14.0. The number of nitrogens with one attached hydrogen (secondary N) is 1. The molecule has 0 bridgehead atoms. The van der Waals surface area contributed by atoms with E-state index in [0.717, 1.165) is 12.4 Å². The van der Waals surface area contributed by atoms with Gasteiger partial charge in [-0.3, -0.25) is 4.98 Å². The molecule has 3 rings (SSSR count). The fourth-order valence-electron chi connectivity index (χ4n) is 1.89. The van der Waals surface area contributed by atoms with Crippen LogP contribution in [0.5, 0.6) is 0 Å². The third-order valence-corrected chi connectivity index (χ3v) is 3.60. The van der Waals surface area contributed by atoms with Crippen molar-refractivity contribution in [2.45, 2.75) is 6.54 Å². The van der Waals surface area contributed by atoms with E-state index in [1.54, 1.807) is 0 Å². The summed E-state index contributed by atoms with van der Waals surface area (Å²) in [4.78, 5) is 7.24. The molecule has 0 saturated carbocycles. The Labute approximate surface area is 135 Å². The highest BCUT2D eigenvalue weighted by Gasteiger charge is 2.17. The van der Waals surface area contributed by atoms with Gasteiger partial charge in [-0.05, 0) is 27.5 Å². The van der Waals surface area contributed by atoms with Crippen molar-refractivity contribution >= 4 is 38.9 Å². The summed E-state index contributed by atoms with van der Waals surface area (Å²) in [6.45, 7) is -0.259. The summed E-state index contributed by atoms with van der Waals surface area (Å²) in [6.07, 6.45) is 3.13. The maximum absolute atomic E-state index is 14.0. The molecule has 0 aromatic carbocycles. The summed E-state index contributed by atoms with van der Waals surface area (Å²) in [5.41, 5.74) is -0.236. The number of rotatable bonds is 3. The molecule has 0 saturated heterocycles. The molecule has 10 heteroatoms. The third kappa shape index (κ3) is 2.61. The van der Waals surface area contributed by atoms with Crippen LogP contribution >= 0.6 is 27.5 Å². The number of hydrogen-bond acceptors (Lipinski definition) is 4. The summed E-state index contributed by atoms with van der Waals surface area (Å²) in [5.74, 6) is -2.24. The van der Waals surface area contributed by atoms with Crippen molar-refractivity contribution < 1.29 is 13.2 Å². The lowest BCUT2D eigenvalue weighted by Gasteiger charge is -2.09. The zero-order valence-electron chi connectivity index (χ0n) is 10.6. The van der Waals surface area contributed by atoms with Gasteiger partial charge in [0.05, 0.1) is 16.9 Å². The van der Waals surface area contributed by atoms with Crippen LogP contribution in [-0.2, 0) is 6.54 Å². The number of pyridine rings is 1. The van der Waals surface area contributed by atoms with Gasteiger partial charge in [-0.1, -0.05) is 0 Å². The number of hydrogen-bond donors (Lipinski definition) is 1. The second-order valence-corrected chi connectivity index (χ2v) is 5.44. The highest BCUT2D eigenvalue weighted by molar-refractivity contribution is 9.10. The Hall–Kier alpha value is -1.87. The summed E-state index contributed by atoms with van der Waals surface area (Å²) in [5, 5.41) is 6.32. The number of anilines is 1. The first-order valence-electron chi connectivity index (χ1n) is 5.89. The molecule has 0 amide bonds. The number of halogens is 5. The first-order valence-corrected chi connectivity index (χ1v) is 7.06. The summed E-state index contributed by atoms with van der Waals surface area (Å²) < 4.78 is 42.5. The molecule has 5 nitrogen and oxygen atoms in total. The van der Waals surface area contributed by atoms with Crippen molar-refractivity contribution in [3.63, 3.8) is 0 Å². The van der Waals surface area contributed by atoms with Crippen molar-refractivity contribution in [2.75, 3.05) is 5.32 Å². The van der Waals surface area contributed by atoms with Crippen LogP contribution in [-0.4, -0.2) is 19.6 Å². The second kappa shape index (κ2) is 5.73. The smallest absolute Gasteiger partial charge is 0.243 e. The first-order chi connectivity index (χ1) is 10.5. The lowest BCUT2D eigenvalue weighted by atomic mass is 10.2. The molecular formula is C12H6BrClF3N5. The molecule has 0 aliphatic rings. The Kier molecular flexibility index (Phi) is 3.92. The molecule has 0 unspecified atom stereocenters. The summed E-state index contributed by atoms with van der Waals surface area (Å²) in [6, 6.07) is 0. The van der Waals surface area contributed by atoms with Gasteiger partial charge >= 0.3 is 0 Å². The fourth-order valence-corrected chi connectivity index (χ4v) is 2.44. The van der Waals surface area contributed by atoms with Crippen molar-refractivity contribution in [1.82, 2.24) is 19.6 Å². The quantitative estimate of drug-likeness (QED) is 0.740. The van der Waals surface area contributed by atoms with Crippen LogP contribution in [0.15, 0.2) is 23.1 Å². The van der Waals surface area contributed by atoms with Crippen molar-refractivity contribution in [3.8, 4) is 0 Å². The Morgan fingerprint density at radius 3 is 2.59 bits per heavy atom. The van der Waals surface area contributed by atoms with Gasteiger partial charge in [0.15, 0.2) is 11.6 Å². The average Bonchev–Trinajstić information content (AvgIpc) is 2.73. The Morgan fingerprint density at radius 1 is 1.23 bits per heavy atom. The van der Waals surface area contributed by atoms with E-state index in [9.17, 15) is 13.2 Å². The van der Waals surface area contributed by atoms with E-state index < -0.39 is 17.5 Å². The van der Waals surface area contributed by atoms with Crippen molar-refractivity contribution in [2.24, 2.45) is 0 Å². The van der Waals surface area contributed by atoms with Crippen LogP contribution in [0.2, 0.25) is 5.28 Å². The van der Waals surface area contributed by atoms with E-state index in [0.29, 0.717) is 0 Å². The van der Waals surface area contributed by atoms with E-state index in [2.05, 4.69) is 36.3 Å². The molecule has 3 aromatic heterocycles. The number of aromatic nitrogens is 4. The minimum atomic E-state index is -0.819. The molecule has 114 valence electrons. The lowest BCUT2D eigenvalue weighted by molar-refractivity contribution is 0.550. The third-order valence-electron chi connectivity index (χ3n) is 2.89. The van der Waals surface area contributed by atoms with Gasteiger partial charge in [0.1, 0.15) is 17.2 Å². The molecule has 0 atom stereocenters. The van der Waals surface area contributed by atoms with Crippen LogP contribution < -0.4 is 5.32 Å². The SMILES string of the molecule is Fc1cncc(F)c1CNc1nc(Cl)nn2cc(Br)c(F)c12. The van der Waals surface area contributed by atoms with E-state index in [1.807, 2.05) is 0 Å². The lowest BCUT2D eigenvalue weighted by Crippen LogP contribution is -2.09. The monoisotopic (exact) mass is 391 g/mol. The Bertz CT molecular complexity index is 849. The molecular weight excluding hydrogens is 387 g/mol. The van der Waals surface area contributed by atoms with Gasteiger partial charge in [0.25, 0.3) is 0 Å². The van der Waals surface area contributed by atoms with Gasteiger partial charge < -0.3 is 5.32 Å². The van der Waals surface area contributed by atoms with Crippen molar-refractivity contribution in [3.05, 3.63) is 51.4 Å². The highest BCUT2D eigenvalue weighted by Crippen LogP contribution is 2.27. The van der Waals surface area contributed by atoms with E-state index in [4.69, 9.17) is 11.6 Å². The standard InChI is InChI=1S/C12H6BrClF3N5/c13-6-4-22-10(9(6)17)11(20-12(14)21-22)19-1-5-7(15)2-18-3-8(5)16/h2-4H,1H2,(H,19,20,21). The Morgan fingerprint density at radius 2 is 1.91 bits per heavy atom. The second-order valence-electron chi connectivity index (χ2n) is 4.25. The maximum Gasteiger partial charge on any atom is 0.243 e. The minimum Gasteiger partial charge on any atom is -0.364 e.